The molecule has 1 aromatic heterocycles. The zero-order valence-electron chi connectivity index (χ0n) is 7.32. The molecule has 1 amide bonds. The van der Waals surface area contributed by atoms with E-state index in [1.54, 1.807) is 6.92 Å². The van der Waals surface area contributed by atoms with Crippen molar-refractivity contribution in [2.45, 2.75) is 13.3 Å². The minimum absolute atomic E-state index is 0.367. The summed E-state index contributed by atoms with van der Waals surface area (Å²) in [5.41, 5.74) is 0. The number of carbonyl (C=O) groups is 1. The van der Waals surface area contributed by atoms with Gasteiger partial charge in [-0.2, -0.15) is 4.98 Å². The maximum Gasteiger partial charge on any atom is 0.407 e. The quantitative estimate of drug-likeness (QED) is 0.732. The van der Waals surface area contributed by atoms with Crippen LogP contribution in [0, 0.1) is 0 Å². The third kappa shape index (κ3) is 3.55. The van der Waals surface area contributed by atoms with Gasteiger partial charge in [0.2, 0.25) is 5.89 Å². The third-order valence-electron chi connectivity index (χ3n) is 1.29. The Hall–Kier alpha value is -1.59. The van der Waals surface area contributed by atoms with Gasteiger partial charge in [-0.3, -0.25) is 0 Å². The molecule has 0 fully saturated rings. The summed E-state index contributed by atoms with van der Waals surface area (Å²) in [4.78, 5) is 14.6. The summed E-state index contributed by atoms with van der Waals surface area (Å²) in [7, 11) is 0. The first-order chi connectivity index (χ1) is 6.33. The SMILES string of the molecule is CCOC(=O)NCCc1ncno1. The van der Waals surface area contributed by atoms with E-state index in [9.17, 15) is 4.79 Å². The highest BCUT2D eigenvalue weighted by molar-refractivity contribution is 5.66. The Morgan fingerprint density at radius 2 is 2.62 bits per heavy atom. The molecular formula is C7H11N3O3. The maximum absolute atomic E-state index is 10.8. The monoisotopic (exact) mass is 185 g/mol. The number of alkyl carbamates (subject to hydrolysis) is 1. The van der Waals surface area contributed by atoms with Crippen molar-refractivity contribution in [3.8, 4) is 0 Å². The van der Waals surface area contributed by atoms with Crippen molar-refractivity contribution in [3.05, 3.63) is 12.2 Å². The van der Waals surface area contributed by atoms with E-state index in [0.717, 1.165) is 0 Å². The molecule has 1 rings (SSSR count). The van der Waals surface area contributed by atoms with Crippen molar-refractivity contribution >= 4 is 6.09 Å². The molecule has 0 atom stereocenters. The molecule has 13 heavy (non-hydrogen) atoms. The Balaban J connectivity index is 2.11. The third-order valence-corrected chi connectivity index (χ3v) is 1.29. The van der Waals surface area contributed by atoms with Gasteiger partial charge in [-0.1, -0.05) is 5.16 Å². The summed E-state index contributed by atoms with van der Waals surface area (Å²) >= 11 is 0. The van der Waals surface area contributed by atoms with Crippen LogP contribution < -0.4 is 5.32 Å². The molecule has 0 aliphatic rings. The molecule has 1 aromatic rings. The van der Waals surface area contributed by atoms with Gasteiger partial charge in [0.25, 0.3) is 0 Å². The highest BCUT2D eigenvalue weighted by Crippen LogP contribution is 1.90. The van der Waals surface area contributed by atoms with Crippen LogP contribution in [0.1, 0.15) is 12.8 Å². The molecule has 0 spiro atoms. The van der Waals surface area contributed by atoms with E-state index in [4.69, 9.17) is 4.52 Å². The van der Waals surface area contributed by atoms with Crippen LogP contribution in [0.4, 0.5) is 4.79 Å². The Labute approximate surface area is 75.3 Å². The second-order valence-electron chi connectivity index (χ2n) is 2.23. The second-order valence-corrected chi connectivity index (χ2v) is 2.23. The van der Waals surface area contributed by atoms with E-state index >= 15 is 0 Å². The topological polar surface area (TPSA) is 77.2 Å². The van der Waals surface area contributed by atoms with Crippen LogP contribution in [0.3, 0.4) is 0 Å². The predicted molar refractivity (Wildman–Crippen MR) is 43.0 cm³/mol. The maximum atomic E-state index is 10.8. The standard InChI is InChI=1S/C7H11N3O3/c1-2-12-7(11)8-4-3-6-9-5-10-13-6/h5H,2-4H2,1H3,(H,8,11). The van der Waals surface area contributed by atoms with Crippen molar-refractivity contribution in [3.63, 3.8) is 0 Å². The molecule has 1 N–H and O–H groups in total. The first-order valence-corrected chi connectivity index (χ1v) is 3.99. The smallest absolute Gasteiger partial charge is 0.407 e. The Kier molecular flexibility index (Phi) is 3.74. The average Bonchev–Trinajstić information content (AvgIpc) is 2.57. The van der Waals surface area contributed by atoms with Gasteiger partial charge in [0.1, 0.15) is 0 Å². The molecule has 0 saturated carbocycles. The zero-order valence-corrected chi connectivity index (χ0v) is 7.32. The predicted octanol–water partition coefficient (Wildman–Crippen LogP) is 0.358. The van der Waals surface area contributed by atoms with Crippen LogP contribution in [0.2, 0.25) is 0 Å². The van der Waals surface area contributed by atoms with Gasteiger partial charge in [0.05, 0.1) is 6.61 Å². The van der Waals surface area contributed by atoms with Crippen molar-refractivity contribution in [1.29, 1.82) is 0 Å². The summed E-state index contributed by atoms with van der Waals surface area (Å²) in [5.74, 6) is 0.497. The van der Waals surface area contributed by atoms with Crippen LogP contribution in [-0.4, -0.2) is 29.4 Å². The van der Waals surface area contributed by atoms with Crippen LogP contribution in [0.15, 0.2) is 10.9 Å². The highest BCUT2D eigenvalue weighted by Gasteiger charge is 2.01. The summed E-state index contributed by atoms with van der Waals surface area (Å²) in [6.07, 6.45) is 1.40. The number of hydrogen-bond donors (Lipinski definition) is 1. The lowest BCUT2D eigenvalue weighted by molar-refractivity contribution is 0.152. The lowest BCUT2D eigenvalue weighted by Crippen LogP contribution is -2.26. The van der Waals surface area contributed by atoms with Crippen molar-refractivity contribution < 1.29 is 14.1 Å². The van der Waals surface area contributed by atoms with Crippen LogP contribution >= 0.6 is 0 Å². The van der Waals surface area contributed by atoms with Crippen molar-refractivity contribution in [1.82, 2.24) is 15.5 Å². The summed E-state index contributed by atoms with van der Waals surface area (Å²) in [6.45, 7) is 2.55. The molecule has 0 saturated heterocycles. The average molecular weight is 185 g/mol. The van der Waals surface area contributed by atoms with Crippen molar-refractivity contribution in [2.75, 3.05) is 13.2 Å². The fourth-order valence-corrected chi connectivity index (χ4v) is 0.760. The minimum Gasteiger partial charge on any atom is -0.450 e. The number of nitrogens with one attached hydrogen (secondary N) is 1. The van der Waals surface area contributed by atoms with Crippen LogP contribution in [0.25, 0.3) is 0 Å². The largest absolute Gasteiger partial charge is 0.450 e. The van der Waals surface area contributed by atoms with E-state index in [1.165, 1.54) is 6.33 Å². The van der Waals surface area contributed by atoms with E-state index in [1.807, 2.05) is 0 Å². The zero-order chi connectivity index (χ0) is 9.52. The lowest BCUT2D eigenvalue weighted by Gasteiger charge is -2.02. The lowest BCUT2D eigenvalue weighted by atomic mass is 10.4. The van der Waals surface area contributed by atoms with Crippen LogP contribution in [-0.2, 0) is 11.2 Å². The second kappa shape index (κ2) is 5.13. The first kappa shape index (κ1) is 9.50. The number of aromatic nitrogens is 2. The number of ether oxygens (including phenoxy) is 1. The molecule has 6 nitrogen and oxygen atoms in total. The normalized spacial score (nSPS) is 9.62. The van der Waals surface area contributed by atoms with E-state index in [-0.39, 0.29) is 0 Å². The van der Waals surface area contributed by atoms with Gasteiger partial charge in [-0.05, 0) is 6.92 Å². The summed E-state index contributed by atoms with van der Waals surface area (Å²) in [5, 5.41) is 5.96. The minimum atomic E-state index is -0.429. The molecule has 0 aromatic carbocycles. The molecule has 0 bridgehead atoms. The Morgan fingerprint density at radius 1 is 1.77 bits per heavy atom. The number of amides is 1. The van der Waals surface area contributed by atoms with Gasteiger partial charge in [-0.15, -0.1) is 0 Å². The molecule has 1 heterocycles. The fourth-order valence-electron chi connectivity index (χ4n) is 0.760. The molecule has 0 radical (unpaired) electrons. The Bertz CT molecular complexity index is 247. The first-order valence-electron chi connectivity index (χ1n) is 3.99. The Morgan fingerprint density at radius 3 is 3.23 bits per heavy atom. The number of rotatable bonds is 4. The van der Waals surface area contributed by atoms with Crippen LogP contribution in [0.5, 0.6) is 0 Å². The van der Waals surface area contributed by atoms with Gasteiger partial charge in [0.15, 0.2) is 6.33 Å². The molecule has 72 valence electrons. The number of hydrogen-bond acceptors (Lipinski definition) is 5. The molecule has 6 heteroatoms. The van der Waals surface area contributed by atoms with E-state index in [2.05, 4.69) is 20.2 Å². The highest BCUT2D eigenvalue weighted by atomic mass is 16.5. The molecule has 0 unspecified atom stereocenters. The molecule has 0 aliphatic carbocycles. The van der Waals surface area contributed by atoms with Gasteiger partial charge in [-0.25, -0.2) is 4.79 Å². The number of carbonyl (C=O) groups excluding carboxylic acids is 1. The van der Waals surface area contributed by atoms with Gasteiger partial charge < -0.3 is 14.6 Å². The van der Waals surface area contributed by atoms with Gasteiger partial charge in [0, 0.05) is 13.0 Å². The van der Waals surface area contributed by atoms with Crippen molar-refractivity contribution in [2.24, 2.45) is 0 Å². The summed E-state index contributed by atoms with van der Waals surface area (Å²) < 4.78 is 9.37. The molecular weight excluding hydrogens is 174 g/mol. The van der Waals surface area contributed by atoms with Gasteiger partial charge >= 0.3 is 6.09 Å². The molecule has 0 aliphatic heterocycles. The van der Waals surface area contributed by atoms with E-state index < -0.39 is 6.09 Å². The number of nitrogens with zero attached hydrogens (tertiary/aromatic N) is 2. The summed E-state index contributed by atoms with van der Waals surface area (Å²) in [6, 6.07) is 0. The van der Waals surface area contributed by atoms with E-state index in [0.29, 0.717) is 25.5 Å². The fraction of sp³-hybridized carbons (Fsp3) is 0.571.